The second-order valence-corrected chi connectivity index (χ2v) is 8.06. The lowest BCUT2D eigenvalue weighted by Gasteiger charge is -2.28. The maximum absolute atomic E-state index is 12.3. The zero-order chi connectivity index (χ0) is 17.0. The Labute approximate surface area is 138 Å². The van der Waals surface area contributed by atoms with E-state index in [2.05, 4.69) is 22.3 Å². The van der Waals surface area contributed by atoms with E-state index in [4.69, 9.17) is 0 Å². The minimum absolute atomic E-state index is 0.157. The molecule has 6 nitrogen and oxygen atoms in total. The molecule has 0 saturated carbocycles. The summed E-state index contributed by atoms with van der Waals surface area (Å²) in [5.41, 5.74) is 0.472. The highest BCUT2D eigenvalue weighted by Gasteiger charge is 2.21. The van der Waals surface area contributed by atoms with E-state index in [1.165, 1.54) is 12.1 Å². The number of carbonyl (C=O) groups is 1. The van der Waals surface area contributed by atoms with Gasteiger partial charge in [0.05, 0.1) is 4.90 Å². The highest BCUT2D eigenvalue weighted by molar-refractivity contribution is 7.89. The van der Waals surface area contributed by atoms with Crippen LogP contribution in [0, 0.1) is 0 Å². The van der Waals surface area contributed by atoms with Crippen molar-refractivity contribution in [3.05, 3.63) is 29.8 Å². The Hall–Kier alpha value is -1.44. The molecule has 1 fully saturated rings. The molecule has 1 aromatic carbocycles. The Kier molecular flexibility index (Phi) is 5.78. The van der Waals surface area contributed by atoms with Crippen molar-refractivity contribution < 1.29 is 13.2 Å². The first-order chi connectivity index (χ1) is 10.8. The Bertz CT molecular complexity index is 641. The molecular formula is C16H25N3O3S. The number of sulfonamides is 1. The van der Waals surface area contributed by atoms with E-state index in [-0.39, 0.29) is 22.9 Å². The normalized spacial score (nSPS) is 22.1. The molecule has 23 heavy (non-hydrogen) atoms. The van der Waals surface area contributed by atoms with Gasteiger partial charge in [-0.2, -0.15) is 0 Å². The largest absolute Gasteiger partial charge is 0.349 e. The van der Waals surface area contributed by atoms with E-state index in [0.29, 0.717) is 11.6 Å². The van der Waals surface area contributed by atoms with Crippen LogP contribution >= 0.6 is 0 Å². The molecule has 1 amide bonds. The molecule has 0 bridgehead atoms. The summed E-state index contributed by atoms with van der Waals surface area (Å²) in [5.74, 6) is -0.162. The molecule has 1 saturated heterocycles. The monoisotopic (exact) mass is 339 g/mol. The van der Waals surface area contributed by atoms with Crippen LogP contribution in [0.4, 0.5) is 0 Å². The molecule has 1 aliphatic heterocycles. The lowest BCUT2D eigenvalue weighted by molar-refractivity contribution is 0.0925. The van der Waals surface area contributed by atoms with Crippen LogP contribution in [0.3, 0.4) is 0 Å². The molecule has 1 aromatic rings. The van der Waals surface area contributed by atoms with Gasteiger partial charge in [0, 0.05) is 23.7 Å². The first-order valence-electron chi connectivity index (χ1n) is 7.94. The summed E-state index contributed by atoms with van der Waals surface area (Å²) in [6.07, 6.45) is 1.80. The van der Waals surface area contributed by atoms with Gasteiger partial charge in [-0.15, -0.1) is 0 Å². The molecule has 0 aromatic heterocycles. The highest BCUT2D eigenvalue weighted by atomic mass is 32.2. The van der Waals surface area contributed by atoms with E-state index >= 15 is 0 Å². The standard InChI is InChI=1S/C16H25N3O3S/c1-11(2)19-23(21,22)15-6-4-13(5-7-15)16(20)18-14-8-9-17-12(3)10-14/h4-7,11-12,14,17,19H,8-10H2,1-3H3,(H,18,20). The number of hydrogen-bond acceptors (Lipinski definition) is 4. The third-order valence-electron chi connectivity index (χ3n) is 3.78. The van der Waals surface area contributed by atoms with Gasteiger partial charge in [0.2, 0.25) is 10.0 Å². The molecule has 2 atom stereocenters. The van der Waals surface area contributed by atoms with E-state index in [1.807, 2.05) is 0 Å². The fraction of sp³-hybridized carbons (Fsp3) is 0.562. The topological polar surface area (TPSA) is 87.3 Å². The van der Waals surface area contributed by atoms with Crippen LogP contribution in [0.25, 0.3) is 0 Å². The Morgan fingerprint density at radius 1 is 1.26 bits per heavy atom. The van der Waals surface area contributed by atoms with Crippen LogP contribution in [0.1, 0.15) is 44.0 Å². The maximum Gasteiger partial charge on any atom is 0.251 e. The summed E-state index contributed by atoms with van der Waals surface area (Å²) in [6.45, 7) is 6.52. The van der Waals surface area contributed by atoms with Gasteiger partial charge < -0.3 is 10.6 Å². The number of piperidine rings is 1. The fourth-order valence-electron chi connectivity index (χ4n) is 2.70. The summed E-state index contributed by atoms with van der Waals surface area (Å²) in [6, 6.07) is 6.40. The van der Waals surface area contributed by atoms with Gasteiger partial charge >= 0.3 is 0 Å². The van der Waals surface area contributed by atoms with Gasteiger partial charge in [0.1, 0.15) is 0 Å². The van der Waals surface area contributed by atoms with E-state index in [9.17, 15) is 13.2 Å². The quantitative estimate of drug-likeness (QED) is 0.753. The van der Waals surface area contributed by atoms with Gasteiger partial charge in [0.25, 0.3) is 5.91 Å². The van der Waals surface area contributed by atoms with E-state index < -0.39 is 10.0 Å². The summed E-state index contributed by atoms with van der Waals surface area (Å²) in [7, 11) is -3.53. The van der Waals surface area contributed by atoms with Gasteiger partial charge in [-0.05, 0) is 64.4 Å². The van der Waals surface area contributed by atoms with E-state index in [1.54, 1.807) is 26.0 Å². The van der Waals surface area contributed by atoms with E-state index in [0.717, 1.165) is 19.4 Å². The van der Waals surface area contributed by atoms with Crippen molar-refractivity contribution >= 4 is 15.9 Å². The molecule has 0 radical (unpaired) electrons. The van der Waals surface area contributed by atoms with Crippen LogP contribution < -0.4 is 15.4 Å². The number of hydrogen-bond donors (Lipinski definition) is 3. The minimum atomic E-state index is -3.53. The SMILES string of the molecule is CC(C)NS(=O)(=O)c1ccc(C(=O)NC2CCNC(C)C2)cc1. The number of rotatable bonds is 5. The number of nitrogens with one attached hydrogen (secondary N) is 3. The minimum Gasteiger partial charge on any atom is -0.349 e. The number of amides is 1. The molecule has 2 unspecified atom stereocenters. The molecule has 3 N–H and O–H groups in total. The van der Waals surface area contributed by atoms with Crippen molar-refractivity contribution in [1.29, 1.82) is 0 Å². The van der Waals surface area contributed by atoms with Crippen molar-refractivity contribution in [3.8, 4) is 0 Å². The van der Waals surface area contributed by atoms with Crippen LogP contribution in [0.5, 0.6) is 0 Å². The molecule has 0 aliphatic carbocycles. The molecule has 2 rings (SSSR count). The second kappa shape index (κ2) is 7.42. The average molecular weight is 339 g/mol. The zero-order valence-corrected chi connectivity index (χ0v) is 14.6. The smallest absolute Gasteiger partial charge is 0.251 e. The molecule has 1 aliphatic rings. The highest BCUT2D eigenvalue weighted by Crippen LogP contribution is 2.13. The molecule has 7 heteroatoms. The first kappa shape index (κ1) is 17.9. The van der Waals surface area contributed by atoms with Gasteiger partial charge in [-0.1, -0.05) is 0 Å². The first-order valence-corrected chi connectivity index (χ1v) is 9.43. The summed E-state index contributed by atoms with van der Waals surface area (Å²) >= 11 is 0. The predicted octanol–water partition coefficient (Wildman–Crippen LogP) is 1.24. The fourth-order valence-corrected chi connectivity index (χ4v) is 3.95. The van der Waals surface area contributed by atoms with Crippen molar-refractivity contribution in [1.82, 2.24) is 15.4 Å². The van der Waals surface area contributed by atoms with Crippen LogP contribution in [-0.2, 0) is 10.0 Å². The molecule has 1 heterocycles. The van der Waals surface area contributed by atoms with Crippen molar-refractivity contribution in [2.45, 2.75) is 56.6 Å². The lowest BCUT2D eigenvalue weighted by Crippen LogP contribution is -2.46. The Morgan fingerprint density at radius 2 is 1.91 bits per heavy atom. The van der Waals surface area contributed by atoms with Crippen molar-refractivity contribution in [3.63, 3.8) is 0 Å². The molecule has 0 spiro atoms. The third kappa shape index (κ3) is 5.02. The van der Waals surface area contributed by atoms with Crippen LogP contribution in [0.15, 0.2) is 29.2 Å². The summed E-state index contributed by atoms with van der Waals surface area (Å²) < 4.78 is 26.6. The van der Waals surface area contributed by atoms with Gasteiger partial charge in [-0.25, -0.2) is 13.1 Å². The summed E-state index contributed by atoms with van der Waals surface area (Å²) in [4.78, 5) is 12.4. The zero-order valence-electron chi connectivity index (χ0n) is 13.8. The lowest BCUT2D eigenvalue weighted by atomic mass is 10.0. The predicted molar refractivity (Wildman–Crippen MR) is 89.9 cm³/mol. The number of benzene rings is 1. The van der Waals surface area contributed by atoms with Crippen LogP contribution in [-0.4, -0.2) is 39.0 Å². The van der Waals surface area contributed by atoms with Crippen LogP contribution in [0.2, 0.25) is 0 Å². The summed E-state index contributed by atoms with van der Waals surface area (Å²) in [5, 5.41) is 6.35. The van der Waals surface area contributed by atoms with Gasteiger partial charge in [-0.3, -0.25) is 4.79 Å². The third-order valence-corrected chi connectivity index (χ3v) is 5.45. The van der Waals surface area contributed by atoms with Gasteiger partial charge in [0.15, 0.2) is 0 Å². The van der Waals surface area contributed by atoms with Crippen molar-refractivity contribution in [2.24, 2.45) is 0 Å². The average Bonchev–Trinajstić information content (AvgIpc) is 2.46. The van der Waals surface area contributed by atoms with Crippen molar-refractivity contribution in [2.75, 3.05) is 6.54 Å². The Morgan fingerprint density at radius 3 is 2.48 bits per heavy atom. The Balaban J connectivity index is 2.03. The maximum atomic E-state index is 12.3. The second-order valence-electron chi connectivity index (χ2n) is 6.35. The molecular weight excluding hydrogens is 314 g/mol. The number of carbonyl (C=O) groups excluding carboxylic acids is 1. The molecule has 128 valence electrons.